The fourth-order valence-electron chi connectivity index (χ4n) is 3.36. The summed E-state index contributed by atoms with van der Waals surface area (Å²) in [6, 6.07) is 14.9. The van der Waals surface area contributed by atoms with Crippen LogP contribution in [0.15, 0.2) is 48.5 Å². The molecule has 0 fully saturated rings. The van der Waals surface area contributed by atoms with Gasteiger partial charge < -0.3 is 15.4 Å². The van der Waals surface area contributed by atoms with Crippen LogP contribution in [0.4, 0.5) is 5.82 Å². The first-order valence-electron chi connectivity index (χ1n) is 10.2. The van der Waals surface area contributed by atoms with E-state index in [4.69, 9.17) is 4.74 Å². The van der Waals surface area contributed by atoms with Crippen LogP contribution in [0.2, 0.25) is 0 Å². The van der Waals surface area contributed by atoms with Gasteiger partial charge in [0.1, 0.15) is 11.6 Å². The summed E-state index contributed by atoms with van der Waals surface area (Å²) in [6.07, 6.45) is 0.824. The van der Waals surface area contributed by atoms with Crippen LogP contribution in [0.1, 0.15) is 40.0 Å². The highest BCUT2D eigenvalue weighted by Gasteiger charge is 2.12. The molecule has 0 aliphatic rings. The molecule has 31 heavy (non-hydrogen) atoms. The number of hydrogen-bond acceptors (Lipinski definition) is 4. The van der Waals surface area contributed by atoms with E-state index in [9.17, 15) is 9.59 Å². The Balaban J connectivity index is 1.52. The lowest BCUT2D eigenvalue weighted by atomic mass is 10.1. The number of ether oxygens (including phenoxy) is 1. The van der Waals surface area contributed by atoms with E-state index in [0.29, 0.717) is 36.5 Å². The maximum Gasteiger partial charge on any atom is 0.251 e. The van der Waals surface area contributed by atoms with Gasteiger partial charge >= 0.3 is 0 Å². The van der Waals surface area contributed by atoms with Gasteiger partial charge in [0.15, 0.2) is 0 Å². The fourth-order valence-corrected chi connectivity index (χ4v) is 3.36. The van der Waals surface area contributed by atoms with E-state index >= 15 is 0 Å². The van der Waals surface area contributed by atoms with Crippen molar-refractivity contribution in [2.24, 2.45) is 0 Å². The van der Waals surface area contributed by atoms with Crippen molar-refractivity contribution >= 4 is 17.6 Å². The predicted molar refractivity (Wildman–Crippen MR) is 121 cm³/mol. The summed E-state index contributed by atoms with van der Waals surface area (Å²) in [6.45, 7) is 6.37. The summed E-state index contributed by atoms with van der Waals surface area (Å²) in [7, 11) is 1.58. The van der Waals surface area contributed by atoms with E-state index in [1.807, 2.05) is 39.0 Å². The van der Waals surface area contributed by atoms with Crippen molar-refractivity contribution in [1.29, 1.82) is 0 Å². The Morgan fingerprint density at radius 1 is 1.00 bits per heavy atom. The Morgan fingerprint density at radius 3 is 2.32 bits per heavy atom. The van der Waals surface area contributed by atoms with Gasteiger partial charge in [0.05, 0.1) is 18.5 Å². The van der Waals surface area contributed by atoms with Crippen LogP contribution in [0.3, 0.4) is 0 Å². The molecule has 0 aliphatic carbocycles. The number of rotatable bonds is 8. The third kappa shape index (κ3) is 5.94. The minimum Gasteiger partial charge on any atom is -0.497 e. The molecule has 2 aromatic carbocycles. The van der Waals surface area contributed by atoms with E-state index in [1.54, 1.807) is 36.1 Å². The SMILES string of the molecule is COc1ccc(C(=O)NCCCC(=O)Nc2cc(C)nn2-c2cc(C)cc(C)c2)cc1. The Hall–Kier alpha value is -3.61. The highest BCUT2D eigenvalue weighted by molar-refractivity contribution is 5.94. The Morgan fingerprint density at radius 2 is 1.68 bits per heavy atom. The first-order chi connectivity index (χ1) is 14.9. The van der Waals surface area contributed by atoms with E-state index < -0.39 is 0 Å². The molecular weight excluding hydrogens is 392 g/mol. The number of anilines is 1. The second-order valence-electron chi connectivity index (χ2n) is 7.56. The molecule has 2 amide bonds. The highest BCUT2D eigenvalue weighted by Crippen LogP contribution is 2.20. The first-order valence-corrected chi connectivity index (χ1v) is 10.2. The van der Waals surface area contributed by atoms with Gasteiger partial charge in [-0.3, -0.25) is 9.59 Å². The topological polar surface area (TPSA) is 85.2 Å². The zero-order valence-corrected chi connectivity index (χ0v) is 18.4. The lowest BCUT2D eigenvalue weighted by Crippen LogP contribution is -2.25. The van der Waals surface area contributed by atoms with Gasteiger partial charge in [-0.05, 0) is 74.7 Å². The molecule has 3 aromatic rings. The van der Waals surface area contributed by atoms with Crippen molar-refractivity contribution in [2.45, 2.75) is 33.6 Å². The second kappa shape index (κ2) is 9.93. The number of carbonyl (C=O) groups is 2. The van der Waals surface area contributed by atoms with Gasteiger partial charge in [-0.2, -0.15) is 5.10 Å². The zero-order valence-electron chi connectivity index (χ0n) is 18.4. The number of nitrogens with one attached hydrogen (secondary N) is 2. The largest absolute Gasteiger partial charge is 0.497 e. The second-order valence-corrected chi connectivity index (χ2v) is 7.56. The number of hydrogen-bond donors (Lipinski definition) is 2. The Kier molecular flexibility index (Phi) is 7.07. The minimum absolute atomic E-state index is 0.121. The van der Waals surface area contributed by atoms with Crippen molar-refractivity contribution < 1.29 is 14.3 Å². The zero-order chi connectivity index (χ0) is 22.4. The summed E-state index contributed by atoms with van der Waals surface area (Å²) in [5.41, 5.74) is 4.55. The molecule has 162 valence electrons. The van der Waals surface area contributed by atoms with E-state index in [2.05, 4.69) is 21.8 Å². The summed E-state index contributed by atoms with van der Waals surface area (Å²) in [5.74, 6) is 1.04. The number of aryl methyl sites for hydroxylation is 3. The molecule has 0 bridgehead atoms. The van der Waals surface area contributed by atoms with Gasteiger partial charge in [-0.15, -0.1) is 0 Å². The molecular formula is C24H28N4O3. The first kappa shape index (κ1) is 22.1. The number of carbonyl (C=O) groups excluding carboxylic acids is 2. The van der Waals surface area contributed by atoms with Crippen LogP contribution in [-0.2, 0) is 4.79 Å². The summed E-state index contributed by atoms with van der Waals surface area (Å²) in [4.78, 5) is 24.6. The van der Waals surface area contributed by atoms with Crippen LogP contribution in [0.25, 0.3) is 5.69 Å². The van der Waals surface area contributed by atoms with Crippen LogP contribution < -0.4 is 15.4 Å². The predicted octanol–water partition coefficient (Wildman–Crippen LogP) is 3.95. The average molecular weight is 421 g/mol. The molecule has 1 heterocycles. The van der Waals surface area contributed by atoms with Crippen molar-refractivity contribution in [3.05, 3.63) is 70.9 Å². The van der Waals surface area contributed by atoms with Crippen molar-refractivity contribution in [1.82, 2.24) is 15.1 Å². The molecule has 1 aromatic heterocycles. The molecule has 7 heteroatoms. The number of methoxy groups -OCH3 is 1. The van der Waals surface area contributed by atoms with Gasteiger partial charge in [0.2, 0.25) is 5.91 Å². The van der Waals surface area contributed by atoms with Crippen molar-refractivity contribution in [3.8, 4) is 11.4 Å². The Bertz CT molecular complexity index is 1050. The van der Waals surface area contributed by atoms with Crippen LogP contribution in [0, 0.1) is 20.8 Å². The molecule has 0 spiro atoms. The summed E-state index contributed by atoms with van der Waals surface area (Å²) >= 11 is 0. The van der Waals surface area contributed by atoms with Crippen LogP contribution in [-0.4, -0.2) is 35.2 Å². The molecule has 7 nitrogen and oxygen atoms in total. The monoisotopic (exact) mass is 420 g/mol. The van der Waals surface area contributed by atoms with Gasteiger partial charge in [0.25, 0.3) is 5.91 Å². The standard InChI is InChI=1S/C24H28N4O3/c1-16-12-17(2)14-20(13-16)28-22(15-18(3)27-28)26-23(29)6-5-11-25-24(30)19-7-9-21(31-4)10-8-19/h7-10,12-15H,5-6,11H2,1-4H3,(H,25,30)(H,26,29). The molecule has 2 N–H and O–H groups in total. The molecule has 0 unspecified atom stereocenters. The average Bonchev–Trinajstić information content (AvgIpc) is 3.10. The number of nitrogens with zero attached hydrogens (tertiary/aromatic N) is 2. The number of aromatic nitrogens is 2. The highest BCUT2D eigenvalue weighted by atomic mass is 16.5. The molecule has 0 atom stereocenters. The lowest BCUT2D eigenvalue weighted by molar-refractivity contribution is -0.116. The fraction of sp³-hybridized carbons (Fsp3) is 0.292. The quantitative estimate of drug-likeness (QED) is 0.540. The van der Waals surface area contributed by atoms with E-state index in [1.165, 1.54) is 0 Å². The van der Waals surface area contributed by atoms with Crippen LogP contribution >= 0.6 is 0 Å². The molecule has 0 saturated carbocycles. The van der Waals surface area contributed by atoms with Crippen LogP contribution in [0.5, 0.6) is 5.75 Å². The van der Waals surface area contributed by atoms with Gasteiger partial charge in [-0.1, -0.05) is 6.07 Å². The van der Waals surface area contributed by atoms with E-state index in [0.717, 1.165) is 22.5 Å². The van der Waals surface area contributed by atoms with Gasteiger partial charge in [0, 0.05) is 24.6 Å². The number of amides is 2. The third-order valence-corrected chi connectivity index (χ3v) is 4.77. The molecule has 0 saturated heterocycles. The molecule has 0 aliphatic heterocycles. The minimum atomic E-state index is -0.174. The van der Waals surface area contributed by atoms with Gasteiger partial charge in [-0.25, -0.2) is 4.68 Å². The van der Waals surface area contributed by atoms with E-state index in [-0.39, 0.29) is 11.8 Å². The summed E-state index contributed by atoms with van der Waals surface area (Å²) in [5, 5.41) is 10.3. The van der Waals surface area contributed by atoms with Crippen molar-refractivity contribution in [3.63, 3.8) is 0 Å². The summed E-state index contributed by atoms with van der Waals surface area (Å²) < 4.78 is 6.84. The maximum absolute atomic E-state index is 12.4. The third-order valence-electron chi connectivity index (χ3n) is 4.77. The molecule has 0 radical (unpaired) electrons. The molecule has 3 rings (SSSR count). The Labute approximate surface area is 182 Å². The van der Waals surface area contributed by atoms with Crippen molar-refractivity contribution in [2.75, 3.05) is 19.0 Å². The lowest BCUT2D eigenvalue weighted by Gasteiger charge is -2.11. The normalized spacial score (nSPS) is 10.6. The smallest absolute Gasteiger partial charge is 0.251 e. The number of benzene rings is 2. The maximum atomic E-state index is 12.4.